The van der Waals surface area contributed by atoms with Gasteiger partial charge in [0.15, 0.2) is 17.3 Å². The number of nitrogens with two attached hydrogens (primary N) is 1. The van der Waals surface area contributed by atoms with E-state index >= 15 is 0 Å². The lowest BCUT2D eigenvalue weighted by Gasteiger charge is -2.20. The number of ether oxygens (including phenoxy) is 2. The highest BCUT2D eigenvalue weighted by Crippen LogP contribution is 2.44. The summed E-state index contributed by atoms with van der Waals surface area (Å²) in [6.45, 7) is 0.969. The average Bonchev–Trinajstić information content (AvgIpc) is 3.13. The van der Waals surface area contributed by atoms with Crippen molar-refractivity contribution in [1.29, 1.82) is 0 Å². The van der Waals surface area contributed by atoms with Crippen molar-refractivity contribution < 1.29 is 9.47 Å². The molecule has 0 fully saturated rings. The van der Waals surface area contributed by atoms with E-state index in [9.17, 15) is 0 Å². The number of nitrogens with zero attached hydrogens (tertiary/aromatic N) is 3. The molecule has 8 heteroatoms. The number of hydrogen-bond acceptors (Lipinski definition) is 8. The molecule has 3 aliphatic rings. The Bertz CT molecular complexity index is 800. The molecule has 0 saturated heterocycles. The average molecular weight is 329 g/mol. The molecule has 0 saturated carbocycles. The summed E-state index contributed by atoms with van der Waals surface area (Å²) in [5, 5.41) is 3.06. The molecule has 0 amide bonds. The van der Waals surface area contributed by atoms with Gasteiger partial charge in [-0.25, -0.2) is 10.4 Å². The summed E-state index contributed by atoms with van der Waals surface area (Å²) in [5.41, 5.74) is 11.7. The first kappa shape index (κ1) is 13.3. The zero-order chi connectivity index (χ0) is 15.4. The second-order valence-electron chi connectivity index (χ2n) is 5.72. The molecule has 7 nitrogen and oxygen atoms in total. The minimum absolute atomic E-state index is 0.274. The number of aromatic nitrogens is 2. The highest BCUT2D eigenvalue weighted by molar-refractivity contribution is 7.99. The number of thioether (sulfide) groups is 1. The number of benzene rings is 1. The molecule has 23 heavy (non-hydrogen) atoms. The van der Waals surface area contributed by atoms with Gasteiger partial charge in [0.1, 0.15) is 5.03 Å². The predicted molar refractivity (Wildman–Crippen MR) is 86.4 cm³/mol. The lowest BCUT2D eigenvalue weighted by Crippen LogP contribution is -2.34. The van der Waals surface area contributed by atoms with Crippen LogP contribution in [0.15, 0.2) is 23.2 Å². The summed E-state index contributed by atoms with van der Waals surface area (Å²) in [5.74, 6) is 3.85. The molecule has 3 aliphatic heterocycles. The molecule has 1 atom stereocenters. The van der Waals surface area contributed by atoms with Gasteiger partial charge in [0.25, 0.3) is 0 Å². The topological polar surface area (TPSA) is 85.5 Å². The Morgan fingerprint density at radius 3 is 3.17 bits per heavy atom. The minimum Gasteiger partial charge on any atom is -0.454 e. The number of hydrazine groups is 1. The van der Waals surface area contributed by atoms with Gasteiger partial charge in [0.2, 0.25) is 12.7 Å². The molecular formula is C15H15N5O2S. The molecule has 1 unspecified atom stereocenters. The van der Waals surface area contributed by atoms with E-state index in [1.807, 2.05) is 18.2 Å². The Labute approximate surface area is 137 Å². The fourth-order valence-corrected chi connectivity index (χ4v) is 4.31. The van der Waals surface area contributed by atoms with Gasteiger partial charge in [0.05, 0.1) is 12.6 Å². The summed E-state index contributed by atoms with van der Waals surface area (Å²) in [7, 11) is 0. The number of nitrogen functional groups attached to an aromatic ring is 1. The molecular weight excluding hydrogens is 314 g/mol. The lowest BCUT2D eigenvalue weighted by molar-refractivity contribution is 0.174. The van der Waals surface area contributed by atoms with Crippen molar-refractivity contribution >= 4 is 23.5 Å². The highest BCUT2D eigenvalue weighted by atomic mass is 32.2. The summed E-state index contributed by atoms with van der Waals surface area (Å²) in [6.07, 6.45) is 1.07. The maximum absolute atomic E-state index is 5.88. The Balaban J connectivity index is 1.49. The van der Waals surface area contributed by atoms with Crippen LogP contribution in [-0.4, -0.2) is 22.5 Å². The van der Waals surface area contributed by atoms with Gasteiger partial charge in [0, 0.05) is 11.3 Å². The van der Waals surface area contributed by atoms with Crippen molar-refractivity contribution in [3.63, 3.8) is 0 Å². The van der Waals surface area contributed by atoms with E-state index < -0.39 is 0 Å². The van der Waals surface area contributed by atoms with E-state index in [-0.39, 0.29) is 12.8 Å². The molecule has 0 aliphatic carbocycles. The molecule has 0 bridgehead atoms. The van der Waals surface area contributed by atoms with Crippen LogP contribution >= 0.6 is 11.8 Å². The minimum atomic E-state index is 0.274. The highest BCUT2D eigenvalue weighted by Gasteiger charge is 2.36. The lowest BCUT2D eigenvalue weighted by atomic mass is 10.1. The van der Waals surface area contributed by atoms with Crippen LogP contribution < -0.4 is 25.6 Å². The number of anilines is 2. The molecule has 4 heterocycles. The Hall–Kier alpha value is -2.19. The van der Waals surface area contributed by atoms with Crippen molar-refractivity contribution in [2.75, 3.05) is 23.3 Å². The number of hydrogen-bond donors (Lipinski definition) is 2. The molecule has 1 aromatic heterocycles. The van der Waals surface area contributed by atoms with Gasteiger partial charge in [-0.2, -0.15) is 4.98 Å². The van der Waals surface area contributed by atoms with Gasteiger partial charge in [-0.3, -0.25) is 5.01 Å². The normalized spacial score (nSPS) is 20.7. The maximum Gasteiger partial charge on any atom is 0.231 e. The van der Waals surface area contributed by atoms with E-state index in [0.29, 0.717) is 12.5 Å². The van der Waals surface area contributed by atoms with Gasteiger partial charge in [-0.15, -0.1) is 11.8 Å². The van der Waals surface area contributed by atoms with Crippen molar-refractivity contribution in [2.24, 2.45) is 0 Å². The van der Waals surface area contributed by atoms with Crippen LogP contribution in [0.25, 0.3) is 0 Å². The van der Waals surface area contributed by atoms with Crippen LogP contribution in [-0.2, 0) is 6.54 Å². The van der Waals surface area contributed by atoms with E-state index in [1.54, 1.807) is 11.8 Å². The Morgan fingerprint density at radius 2 is 2.22 bits per heavy atom. The zero-order valence-corrected chi connectivity index (χ0v) is 13.1. The summed E-state index contributed by atoms with van der Waals surface area (Å²) in [4.78, 5) is 8.84. The monoisotopic (exact) mass is 329 g/mol. The maximum atomic E-state index is 5.88. The van der Waals surface area contributed by atoms with Gasteiger partial charge >= 0.3 is 0 Å². The summed E-state index contributed by atoms with van der Waals surface area (Å²) >= 11 is 1.75. The summed E-state index contributed by atoms with van der Waals surface area (Å²) < 4.78 is 10.8. The SMILES string of the molecule is Nc1nc2c3c(n1)N(Cc1ccc4c(c1)OCO4)NC3CCS2. The van der Waals surface area contributed by atoms with Gasteiger partial charge < -0.3 is 15.2 Å². The Morgan fingerprint density at radius 1 is 1.30 bits per heavy atom. The van der Waals surface area contributed by atoms with Crippen LogP contribution in [0.2, 0.25) is 0 Å². The zero-order valence-electron chi connectivity index (χ0n) is 12.3. The second kappa shape index (κ2) is 4.90. The fourth-order valence-electron chi connectivity index (χ4n) is 3.21. The van der Waals surface area contributed by atoms with Crippen molar-refractivity contribution in [1.82, 2.24) is 15.4 Å². The first-order valence-electron chi connectivity index (χ1n) is 7.50. The third-order valence-electron chi connectivity index (χ3n) is 4.25. The van der Waals surface area contributed by atoms with Gasteiger partial charge in [-0.1, -0.05) is 6.07 Å². The molecule has 3 N–H and O–H groups in total. The van der Waals surface area contributed by atoms with Crippen molar-refractivity contribution in [3.05, 3.63) is 29.3 Å². The smallest absolute Gasteiger partial charge is 0.231 e. The molecule has 5 rings (SSSR count). The van der Waals surface area contributed by atoms with E-state index in [2.05, 4.69) is 20.4 Å². The quantitative estimate of drug-likeness (QED) is 0.808. The largest absolute Gasteiger partial charge is 0.454 e. The second-order valence-corrected chi connectivity index (χ2v) is 6.80. The first-order chi connectivity index (χ1) is 11.3. The van der Waals surface area contributed by atoms with E-state index in [4.69, 9.17) is 15.2 Å². The fraction of sp³-hybridized carbons (Fsp3) is 0.333. The summed E-state index contributed by atoms with van der Waals surface area (Å²) in [6, 6.07) is 6.27. The third-order valence-corrected chi connectivity index (χ3v) is 5.27. The van der Waals surface area contributed by atoms with Crippen LogP contribution in [0.3, 0.4) is 0 Å². The molecule has 0 spiro atoms. The third kappa shape index (κ3) is 2.09. The molecule has 1 aromatic carbocycles. The van der Waals surface area contributed by atoms with E-state index in [1.165, 1.54) is 5.56 Å². The Kier molecular flexibility index (Phi) is 2.83. The van der Waals surface area contributed by atoms with E-state index in [0.717, 1.165) is 40.1 Å². The number of fused-ring (bicyclic) bond motifs is 1. The first-order valence-corrected chi connectivity index (χ1v) is 8.49. The van der Waals surface area contributed by atoms with Gasteiger partial charge in [-0.05, 0) is 24.1 Å². The van der Waals surface area contributed by atoms with Crippen LogP contribution in [0.1, 0.15) is 23.6 Å². The molecule has 0 radical (unpaired) electrons. The predicted octanol–water partition coefficient (Wildman–Crippen LogP) is 1.85. The molecule has 2 aromatic rings. The number of rotatable bonds is 2. The van der Waals surface area contributed by atoms with Crippen molar-refractivity contribution in [3.8, 4) is 11.5 Å². The van der Waals surface area contributed by atoms with Crippen LogP contribution in [0, 0.1) is 0 Å². The van der Waals surface area contributed by atoms with Crippen LogP contribution in [0.4, 0.5) is 11.8 Å². The van der Waals surface area contributed by atoms with Crippen LogP contribution in [0.5, 0.6) is 11.5 Å². The molecule has 118 valence electrons. The van der Waals surface area contributed by atoms with Crippen molar-refractivity contribution in [2.45, 2.75) is 24.0 Å². The standard InChI is InChI=1S/C15H15N5O2S/c16-15-17-13-12-9(3-4-23-14(12)18-15)19-20(13)6-8-1-2-10-11(5-8)22-7-21-10/h1-2,5,9,19H,3-4,6-7H2,(H2,16,17,18). The number of nitrogens with one attached hydrogen (secondary N) is 1.